The highest BCUT2D eigenvalue weighted by Gasteiger charge is 2.23. The largest absolute Gasteiger partial charge is 0.380 e. The topological polar surface area (TPSA) is 39.0 Å². The number of aromatic nitrogens is 2. The maximum Gasteiger partial charge on any atom is 0.190 e. The molecule has 27 heavy (non-hydrogen) atoms. The van der Waals surface area contributed by atoms with Crippen molar-refractivity contribution >= 4 is 17.2 Å². The molecular weight excluding hydrogens is 362 g/mol. The third-order valence-corrected chi connectivity index (χ3v) is 5.52. The zero-order valence-electron chi connectivity index (χ0n) is 14.9. The number of ether oxygens (including phenoxy) is 2. The number of hydrogen-bond donors (Lipinski definition) is 0. The minimum atomic E-state index is 0.406. The molecule has 0 radical (unpaired) electrons. The fourth-order valence-electron chi connectivity index (χ4n) is 3.58. The van der Waals surface area contributed by atoms with Gasteiger partial charge in [-0.1, -0.05) is 29.8 Å². The summed E-state index contributed by atoms with van der Waals surface area (Å²) >= 11 is 6.08. The van der Waals surface area contributed by atoms with E-state index in [1.54, 1.807) is 0 Å². The highest BCUT2D eigenvalue weighted by atomic mass is 35.5. The van der Waals surface area contributed by atoms with Gasteiger partial charge < -0.3 is 9.47 Å². The van der Waals surface area contributed by atoms with E-state index in [4.69, 9.17) is 26.1 Å². The summed E-state index contributed by atoms with van der Waals surface area (Å²) in [6.45, 7) is 5.75. The van der Waals surface area contributed by atoms with E-state index in [-0.39, 0.29) is 0 Å². The molecule has 2 aromatic heterocycles. The van der Waals surface area contributed by atoms with E-state index < -0.39 is 0 Å². The van der Waals surface area contributed by atoms with Gasteiger partial charge in [-0.05, 0) is 18.2 Å². The van der Waals surface area contributed by atoms with Crippen LogP contribution in [0.1, 0.15) is 17.2 Å². The lowest BCUT2D eigenvalue weighted by molar-refractivity contribution is 0.00824. The molecule has 0 N–H and O–H groups in total. The summed E-state index contributed by atoms with van der Waals surface area (Å²) in [4.78, 5) is 7.28. The highest BCUT2D eigenvalue weighted by molar-refractivity contribution is 6.30. The van der Waals surface area contributed by atoms with E-state index in [2.05, 4.69) is 27.6 Å². The van der Waals surface area contributed by atoms with Crippen molar-refractivity contribution in [1.82, 2.24) is 14.3 Å². The van der Waals surface area contributed by atoms with Crippen LogP contribution in [0.2, 0.25) is 5.02 Å². The first-order valence-electron chi connectivity index (χ1n) is 9.26. The summed E-state index contributed by atoms with van der Waals surface area (Å²) in [7, 11) is 0. The van der Waals surface area contributed by atoms with Crippen LogP contribution in [0.25, 0.3) is 16.9 Å². The third-order valence-electron chi connectivity index (χ3n) is 5.27. The number of halogens is 1. The number of benzene rings is 1. The molecule has 2 aliphatic rings. The smallest absolute Gasteiger partial charge is 0.190 e. The van der Waals surface area contributed by atoms with Crippen LogP contribution in [0.4, 0.5) is 0 Å². The number of imidazole rings is 1. The first-order chi connectivity index (χ1) is 13.3. The molecule has 0 unspecified atom stereocenters. The summed E-state index contributed by atoms with van der Waals surface area (Å²) < 4.78 is 13.0. The lowest BCUT2D eigenvalue weighted by Gasteiger charge is -2.27. The molecule has 2 fully saturated rings. The normalized spacial score (nSPS) is 18.4. The van der Waals surface area contributed by atoms with Crippen molar-refractivity contribution in [3.05, 3.63) is 58.9 Å². The molecule has 0 saturated carbocycles. The van der Waals surface area contributed by atoms with Crippen LogP contribution in [0, 0.1) is 12.1 Å². The third kappa shape index (κ3) is 3.30. The van der Waals surface area contributed by atoms with E-state index >= 15 is 0 Å². The fourth-order valence-corrected chi connectivity index (χ4v) is 3.70. The van der Waals surface area contributed by atoms with E-state index in [1.165, 1.54) is 5.69 Å². The lowest BCUT2D eigenvalue weighted by Crippen LogP contribution is -2.36. The van der Waals surface area contributed by atoms with Crippen LogP contribution in [0.5, 0.6) is 0 Å². The van der Waals surface area contributed by atoms with Gasteiger partial charge in [0, 0.05) is 47.9 Å². The first-order valence-corrected chi connectivity index (χ1v) is 9.64. The van der Waals surface area contributed by atoms with Gasteiger partial charge in [0.1, 0.15) is 0 Å². The summed E-state index contributed by atoms with van der Waals surface area (Å²) in [6.07, 6.45) is 2.15. The molecule has 138 valence electrons. The van der Waals surface area contributed by atoms with Crippen LogP contribution < -0.4 is 0 Å². The summed E-state index contributed by atoms with van der Waals surface area (Å²) in [5, 5.41) is 0.726. The Morgan fingerprint density at radius 2 is 1.85 bits per heavy atom. The molecule has 0 atom stereocenters. The van der Waals surface area contributed by atoms with Gasteiger partial charge in [-0.15, -0.1) is 0 Å². The van der Waals surface area contributed by atoms with E-state index in [1.807, 2.05) is 24.3 Å². The maximum absolute atomic E-state index is 6.08. The van der Waals surface area contributed by atoms with Crippen molar-refractivity contribution in [2.45, 2.75) is 12.5 Å². The zero-order chi connectivity index (χ0) is 18.2. The zero-order valence-corrected chi connectivity index (χ0v) is 15.7. The number of rotatable bonds is 4. The molecule has 5 nitrogen and oxygen atoms in total. The van der Waals surface area contributed by atoms with Crippen LogP contribution in [0.15, 0.2) is 30.5 Å². The number of morpholine rings is 1. The predicted molar refractivity (Wildman–Crippen MR) is 103 cm³/mol. The Balaban J connectivity index is 1.60. The molecular formula is C21H20ClN3O2. The second-order valence-electron chi connectivity index (χ2n) is 7.06. The lowest BCUT2D eigenvalue weighted by atomic mass is 10.0. The molecule has 0 amide bonds. The van der Waals surface area contributed by atoms with Gasteiger partial charge in [0.25, 0.3) is 0 Å². The van der Waals surface area contributed by atoms with Crippen LogP contribution >= 0.6 is 11.6 Å². The molecule has 4 heterocycles. The van der Waals surface area contributed by atoms with Crippen LogP contribution in [-0.4, -0.2) is 53.8 Å². The maximum atomic E-state index is 6.08. The Morgan fingerprint density at radius 1 is 1.07 bits per heavy atom. The predicted octanol–water partition coefficient (Wildman–Crippen LogP) is 3.20. The number of fused-ring (bicyclic) bond motifs is 1. The van der Waals surface area contributed by atoms with Gasteiger partial charge in [0.05, 0.1) is 37.8 Å². The van der Waals surface area contributed by atoms with Gasteiger partial charge in [-0.3, -0.25) is 9.30 Å². The summed E-state index contributed by atoms with van der Waals surface area (Å²) in [5.74, 6) is 0.406. The molecule has 0 spiro atoms. The van der Waals surface area contributed by atoms with Crippen LogP contribution in [-0.2, 0) is 16.0 Å². The molecule has 5 rings (SSSR count). The number of hydrogen-bond acceptors (Lipinski definition) is 4. The van der Waals surface area contributed by atoms with Crippen LogP contribution in [0.3, 0.4) is 0 Å². The van der Waals surface area contributed by atoms with Gasteiger partial charge in [-0.2, -0.15) is 0 Å². The fraction of sp³-hybridized carbons (Fsp3) is 0.381. The Morgan fingerprint density at radius 3 is 2.56 bits per heavy atom. The molecule has 2 aliphatic heterocycles. The van der Waals surface area contributed by atoms with Gasteiger partial charge in [0.2, 0.25) is 0 Å². The Labute approximate surface area is 163 Å². The average Bonchev–Trinajstić information content (AvgIpc) is 3.00. The summed E-state index contributed by atoms with van der Waals surface area (Å²) in [5.41, 5.74) is 5.14. The molecule has 1 aromatic carbocycles. The second-order valence-corrected chi connectivity index (χ2v) is 7.50. The van der Waals surface area contributed by atoms with E-state index in [0.29, 0.717) is 5.92 Å². The minimum absolute atomic E-state index is 0.406. The van der Waals surface area contributed by atoms with Crippen molar-refractivity contribution in [3.63, 3.8) is 0 Å². The quantitative estimate of drug-likeness (QED) is 0.695. The molecule has 0 bridgehead atoms. The standard InChI is InChI=1S/C21H20ClN3O2/c22-18-4-1-15(2-5-18)21-19(12-24-7-9-26-10-8-24)25-11-16(17-13-27-14-17)3-6-20(25)23-21/h1-2,4-5,11,17H,7-10,12-14H2. The SMILES string of the molecule is Clc1ccc(-c2nc3c#cc(C4COC4)cn3c2CN2CCOCC2)cc1. The molecule has 2 saturated heterocycles. The Hall–Kier alpha value is -2.10. The van der Waals surface area contributed by atoms with Crippen molar-refractivity contribution in [1.29, 1.82) is 0 Å². The second kappa shape index (κ2) is 7.14. The molecule has 0 aliphatic carbocycles. The monoisotopic (exact) mass is 381 g/mol. The first kappa shape index (κ1) is 17.0. The summed E-state index contributed by atoms with van der Waals surface area (Å²) in [6, 6.07) is 14.4. The van der Waals surface area contributed by atoms with E-state index in [0.717, 1.165) is 73.6 Å². The van der Waals surface area contributed by atoms with Crippen molar-refractivity contribution < 1.29 is 9.47 Å². The van der Waals surface area contributed by atoms with Crippen molar-refractivity contribution in [2.24, 2.45) is 0 Å². The Bertz CT molecular complexity index is 944. The molecule has 6 heteroatoms. The minimum Gasteiger partial charge on any atom is -0.380 e. The van der Waals surface area contributed by atoms with Gasteiger partial charge in [0.15, 0.2) is 5.65 Å². The van der Waals surface area contributed by atoms with Gasteiger partial charge in [-0.25, -0.2) is 4.98 Å². The van der Waals surface area contributed by atoms with Crippen molar-refractivity contribution in [2.75, 3.05) is 39.5 Å². The Kier molecular flexibility index (Phi) is 4.50. The van der Waals surface area contributed by atoms with Crippen molar-refractivity contribution in [3.8, 4) is 11.3 Å². The molecule has 3 aromatic rings. The van der Waals surface area contributed by atoms with E-state index in [9.17, 15) is 0 Å². The highest BCUT2D eigenvalue weighted by Crippen LogP contribution is 2.29. The average molecular weight is 382 g/mol. The number of nitrogens with zero attached hydrogens (tertiary/aromatic N) is 3. The van der Waals surface area contributed by atoms with Gasteiger partial charge >= 0.3 is 0 Å².